The van der Waals surface area contributed by atoms with E-state index < -0.39 is 15.9 Å². The summed E-state index contributed by atoms with van der Waals surface area (Å²) in [5.41, 5.74) is 1.23. The molecule has 1 unspecified atom stereocenters. The van der Waals surface area contributed by atoms with Crippen molar-refractivity contribution in [2.24, 2.45) is 0 Å². The van der Waals surface area contributed by atoms with Gasteiger partial charge in [0.1, 0.15) is 0 Å². The SMILES string of the molecule is Cc1c([N+](=O)[O-])ccc2c1C(=O)OC2Br. The molecule has 1 aliphatic heterocycles. The first-order valence-electron chi connectivity index (χ1n) is 4.15. The van der Waals surface area contributed by atoms with Crippen molar-refractivity contribution in [3.8, 4) is 0 Å². The van der Waals surface area contributed by atoms with Crippen molar-refractivity contribution in [2.45, 2.75) is 11.9 Å². The van der Waals surface area contributed by atoms with Crippen molar-refractivity contribution >= 4 is 27.6 Å². The minimum atomic E-state index is -0.520. The smallest absolute Gasteiger partial charge is 0.340 e. The normalized spacial score (nSPS) is 18.5. The van der Waals surface area contributed by atoms with Crippen LogP contribution in [0.5, 0.6) is 0 Å². The minimum Gasteiger partial charge on any atom is -0.442 e. The van der Waals surface area contributed by atoms with Crippen LogP contribution in [0.4, 0.5) is 5.69 Å². The van der Waals surface area contributed by atoms with Crippen molar-refractivity contribution in [3.05, 3.63) is 38.9 Å². The minimum absolute atomic E-state index is 0.0627. The van der Waals surface area contributed by atoms with E-state index in [9.17, 15) is 14.9 Å². The van der Waals surface area contributed by atoms with Crippen molar-refractivity contribution < 1.29 is 14.5 Å². The number of rotatable bonds is 1. The highest BCUT2D eigenvalue weighted by Crippen LogP contribution is 2.39. The standard InChI is InChI=1S/C9H6BrNO4/c1-4-6(11(13)14)3-2-5-7(4)9(12)15-8(5)10/h2-3,8H,1H3. The fraction of sp³-hybridized carbons (Fsp3) is 0.222. The maximum atomic E-state index is 11.4. The number of nitro groups is 1. The van der Waals surface area contributed by atoms with Crippen molar-refractivity contribution in [1.29, 1.82) is 0 Å². The van der Waals surface area contributed by atoms with Gasteiger partial charge in [-0.3, -0.25) is 10.1 Å². The molecule has 0 N–H and O–H groups in total. The number of fused-ring (bicyclic) bond motifs is 1. The summed E-state index contributed by atoms with van der Waals surface area (Å²) >= 11 is 3.16. The molecule has 1 atom stereocenters. The Bertz CT molecular complexity index is 471. The molecule has 0 bridgehead atoms. The monoisotopic (exact) mass is 271 g/mol. The zero-order valence-corrected chi connectivity index (χ0v) is 9.28. The van der Waals surface area contributed by atoms with Gasteiger partial charge in [0.2, 0.25) is 0 Å². The molecule has 2 rings (SSSR count). The van der Waals surface area contributed by atoms with Crippen LogP contribution >= 0.6 is 15.9 Å². The molecule has 1 aliphatic rings. The van der Waals surface area contributed by atoms with Crippen LogP contribution in [0.2, 0.25) is 0 Å². The number of esters is 1. The Labute approximate surface area is 93.3 Å². The van der Waals surface area contributed by atoms with Crippen LogP contribution in [0.25, 0.3) is 0 Å². The number of benzene rings is 1. The molecule has 0 radical (unpaired) electrons. The van der Waals surface area contributed by atoms with E-state index in [0.717, 1.165) is 0 Å². The Morgan fingerprint density at radius 1 is 1.53 bits per heavy atom. The van der Waals surface area contributed by atoms with Crippen LogP contribution in [0, 0.1) is 17.0 Å². The van der Waals surface area contributed by atoms with Gasteiger partial charge < -0.3 is 4.74 Å². The maximum absolute atomic E-state index is 11.4. The summed E-state index contributed by atoms with van der Waals surface area (Å²) < 4.78 is 4.90. The molecule has 1 heterocycles. The third-order valence-electron chi connectivity index (χ3n) is 2.32. The summed E-state index contributed by atoms with van der Waals surface area (Å²) in [4.78, 5) is 21.5. The van der Waals surface area contributed by atoms with Crippen LogP contribution < -0.4 is 0 Å². The number of halogens is 1. The highest BCUT2D eigenvalue weighted by molar-refractivity contribution is 9.09. The number of nitro benzene ring substituents is 1. The van der Waals surface area contributed by atoms with Crippen LogP contribution in [0.15, 0.2) is 12.1 Å². The molecule has 0 fully saturated rings. The molecule has 1 aromatic rings. The Balaban J connectivity index is 2.68. The highest BCUT2D eigenvalue weighted by Gasteiger charge is 2.33. The Morgan fingerprint density at radius 2 is 2.20 bits per heavy atom. The number of carbonyl (C=O) groups is 1. The van der Waals surface area contributed by atoms with Gasteiger partial charge in [-0.1, -0.05) is 0 Å². The molecule has 0 saturated heterocycles. The van der Waals surface area contributed by atoms with Gasteiger partial charge in [0, 0.05) is 17.2 Å². The molecule has 5 nitrogen and oxygen atoms in total. The molecule has 6 heteroatoms. The molecular formula is C9H6BrNO4. The summed E-state index contributed by atoms with van der Waals surface area (Å²) in [6.45, 7) is 1.54. The Kier molecular flexibility index (Phi) is 2.22. The van der Waals surface area contributed by atoms with Gasteiger partial charge in [0.15, 0.2) is 5.01 Å². The number of nitrogens with zero attached hydrogens (tertiary/aromatic N) is 1. The summed E-state index contributed by atoms with van der Waals surface area (Å²) in [5.74, 6) is -0.520. The Morgan fingerprint density at radius 3 is 2.80 bits per heavy atom. The molecule has 1 aromatic carbocycles. The van der Waals surface area contributed by atoms with Crippen LogP contribution in [-0.4, -0.2) is 10.9 Å². The van der Waals surface area contributed by atoms with Gasteiger partial charge in [0.05, 0.1) is 10.5 Å². The van der Waals surface area contributed by atoms with E-state index in [-0.39, 0.29) is 5.69 Å². The van der Waals surface area contributed by atoms with E-state index in [2.05, 4.69) is 15.9 Å². The second-order valence-corrected chi connectivity index (χ2v) is 3.98. The average Bonchev–Trinajstić information content (AvgIpc) is 2.43. The predicted molar refractivity (Wildman–Crippen MR) is 54.9 cm³/mol. The predicted octanol–water partition coefficient (Wildman–Crippen LogP) is 2.47. The molecule has 0 aliphatic carbocycles. The van der Waals surface area contributed by atoms with Crippen LogP contribution in [0.3, 0.4) is 0 Å². The number of ether oxygens (including phenoxy) is 1. The number of cyclic esters (lactones) is 1. The first kappa shape index (κ1) is 10.1. The summed E-state index contributed by atoms with van der Waals surface area (Å²) in [6, 6.07) is 2.91. The van der Waals surface area contributed by atoms with E-state index >= 15 is 0 Å². The van der Waals surface area contributed by atoms with Crippen molar-refractivity contribution in [1.82, 2.24) is 0 Å². The second kappa shape index (κ2) is 3.30. The Hall–Kier alpha value is -1.43. The fourth-order valence-corrected chi connectivity index (χ4v) is 2.15. The fourth-order valence-electron chi connectivity index (χ4n) is 1.60. The lowest BCUT2D eigenvalue weighted by Gasteiger charge is -2.01. The lowest BCUT2D eigenvalue weighted by atomic mass is 10.0. The van der Waals surface area contributed by atoms with E-state index in [0.29, 0.717) is 16.7 Å². The molecule has 0 aromatic heterocycles. The first-order valence-corrected chi connectivity index (χ1v) is 5.07. The van der Waals surface area contributed by atoms with Gasteiger partial charge in [-0.15, -0.1) is 0 Å². The third-order valence-corrected chi connectivity index (χ3v) is 3.00. The van der Waals surface area contributed by atoms with Gasteiger partial charge in [-0.2, -0.15) is 0 Å². The van der Waals surface area contributed by atoms with Gasteiger partial charge in [0.25, 0.3) is 5.69 Å². The number of alkyl halides is 1. The first-order chi connectivity index (χ1) is 7.02. The topological polar surface area (TPSA) is 69.4 Å². The van der Waals surface area contributed by atoms with Crippen LogP contribution in [0.1, 0.15) is 26.5 Å². The largest absolute Gasteiger partial charge is 0.442 e. The zero-order valence-electron chi connectivity index (χ0n) is 7.69. The highest BCUT2D eigenvalue weighted by atomic mass is 79.9. The van der Waals surface area contributed by atoms with Gasteiger partial charge in [-0.05, 0) is 28.9 Å². The zero-order chi connectivity index (χ0) is 11.2. The second-order valence-electron chi connectivity index (χ2n) is 3.15. The molecule has 0 saturated carbocycles. The number of carbonyl (C=O) groups excluding carboxylic acids is 1. The lowest BCUT2D eigenvalue weighted by molar-refractivity contribution is -0.385. The van der Waals surface area contributed by atoms with Crippen molar-refractivity contribution in [3.63, 3.8) is 0 Å². The summed E-state index contributed by atoms with van der Waals surface area (Å²) in [5, 5.41) is 10.2. The molecular weight excluding hydrogens is 266 g/mol. The van der Waals surface area contributed by atoms with Crippen molar-refractivity contribution in [2.75, 3.05) is 0 Å². The lowest BCUT2D eigenvalue weighted by Crippen LogP contribution is -2.01. The average molecular weight is 272 g/mol. The summed E-state index contributed by atoms with van der Waals surface area (Å²) in [7, 11) is 0. The quantitative estimate of drug-likeness (QED) is 0.341. The number of hydrogen-bond acceptors (Lipinski definition) is 4. The molecule has 15 heavy (non-hydrogen) atoms. The molecule has 0 spiro atoms. The van der Waals surface area contributed by atoms with E-state index in [1.165, 1.54) is 12.1 Å². The van der Waals surface area contributed by atoms with Gasteiger partial charge in [-0.25, -0.2) is 4.79 Å². The van der Waals surface area contributed by atoms with Crippen LogP contribution in [-0.2, 0) is 4.74 Å². The summed E-state index contributed by atoms with van der Waals surface area (Å²) in [6.07, 6.45) is 0. The molecule has 0 amide bonds. The number of hydrogen-bond donors (Lipinski definition) is 0. The van der Waals surface area contributed by atoms with E-state index in [4.69, 9.17) is 4.74 Å². The van der Waals surface area contributed by atoms with Gasteiger partial charge >= 0.3 is 5.97 Å². The maximum Gasteiger partial charge on any atom is 0.340 e. The van der Waals surface area contributed by atoms with E-state index in [1.807, 2.05) is 0 Å². The third kappa shape index (κ3) is 1.41. The van der Waals surface area contributed by atoms with E-state index in [1.54, 1.807) is 6.92 Å². The molecule has 78 valence electrons.